The monoisotopic (exact) mass is 342 g/mol. The number of rotatable bonds is 7. The minimum absolute atomic E-state index is 0.133. The van der Waals surface area contributed by atoms with Crippen LogP contribution in [0, 0.1) is 18.3 Å². The third-order valence-electron chi connectivity index (χ3n) is 3.62. The molecule has 0 aliphatic carbocycles. The highest BCUT2D eigenvalue weighted by Gasteiger charge is 2.07. The van der Waals surface area contributed by atoms with E-state index in [2.05, 4.69) is 5.32 Å². The highest BCUT2D eigenvalue weighted by Crippen LogP contribution is 2.24. The van der Waals surface area contributed by atoms with Gasteiger partial charge in [-0.25, -0.2) is 0 Å². The van der Waals surface area contributed by atoms with Crippen molar-refractivity contribution >= 4 is 17.5 Å². The molecule has 2 aromatic rings. The molecule has 24 heavy (non-hydrogen) atoms. The number of hydrogen-bond donors (Lipinski definition) is 1. The van der Waals surface area contributed by atoms with Gasteiger partial charge in [-0.05, 0) is 48.2 Å². The van der Waals surface area contributed by atoms with Gasteiger partial charge < -0.3 is 10.1 Å². The van der Waals surface area contributed by atoms with Crippen LogP contribution >= 0.6 is 11.6 Å². The van der Waals surface area contributed by atoms with Crippen LogP contribution in [-0.2, 0) is 17.8 Å². The lowest BCUT2D eigenvalue weighted by atomic mass is 10.1. The number of ether oxygens (including phenoxy) is 1. The second kappa shape index (κ2) is 8.95. The molecule has 0 aliphatic heterocycles. The Morgan fingerprint density at radius 2 is 2.04 bits per heavy atom. The van der Waals surface area contributed by atoms with E-state index in [-0.39, 0.29) is 12.3 Å². The van der Waals surface area contributed by atoms with Crippen molar-refractivity contribution in [2.45, 2.75) is 26.4 Å². The summed E-state index contributed by atoms with van der Waals surface area (Å²) < 4.78 is 5.94. The summed E-state index contributed by atoms with van der Waals surface area (Å²) >= 11 is 6.06. The van der Waals surface area contributed by atoms with E-state index in [1.54, 1.807) is 6.07 Å². The van der Waals surface area contributed by atoms with Crippen LogP contribution in [-0.4, -0.2) is 12.5 Å². The Bertz CT molecular complexity index is 753. The number of aryl methyl sites for hydroxylation is 1. The molecule has 5 heteroatoms. The number of nitrogens with one attached hydrogen (secondary N) is 1. The van der Waals surface area contributed by atoms with Gasteiger partial charge in [0.25, 0.3) is 0 Å². The fourth-order valence-corrected chi connectivity index (χ4v) is 2.48. The van der Waals surface area contributed by atoms with E-state index in [0.29, 0.717) is 24.6 Å². The second-order valence-corrected chi connectivity index (χ2v) is 5.84. The standard InChI is InChI=1S/C19H19ClN2O2/c1-14-4-2-3-5-16(14)13-24-18-7-6-17(20)12-15(18)9-11-22-19(23)8-10-21/h2-7,12H,8-9,11,13H2,1H3,(H,22,23). The van der Waals surface area contributed by atoms with Gasteiger partial charge in [0.05, 0.1) is 6.07 Å². The van der Waals surface area contributed by atoms with E-state index in [1.165, 1.54) is 5.56 Å². The van der Waals surface area contributed by atoms with Crippen LogP contribution in [0.2, 0.25) is 5.02 Å². The van der Waals surface area contributed by atoms with Crippen molar-refractivity contribution in [3.63, 3.8) is 0 Å². The van der Waals surface area contributed by atoms with Gasteiger partial charge in [-0.1, -0.05) is 35.9 Å². The summed E-state index contributed by atoms with van der Waals surface area (Å²) in [5.41, 5.74) is 3.23. The molecule has 2 aromatic carbocycles. The lowest BCUT2D eigenvalue weighted by Crippen LogP contribution is -2.25. The van der Waals surface area contributed by atoms with E-state index < -0.39 is 0 Å². The van der Waals surface area contributed by atoms with Crippen LogP contribution in [0.3, 0.4) is 0 Å². The first-order valence-electron chi connectivity index (χ1n) is 7.69. The van der Waals surface area contributed by atoms with Crippen LogP contribution in [0.1, 0.15) is 23.1 Å². The molecule has 0 heterocycles. The van der Waals surface area contributed by atoms with Crippen molar-refractivity contribution in [1.82, 2.24) is 5.32 Å². The number of halogens is 1. The van der Waals surface area contributed by atoms with Gasteiger partial charge in [-0.2, -0.15) is 5.26 Å². The van der Waals surface area contributed by atoms with Crippen molar-refractivity contribution in [1.29, 1.82) is 5.26 Å². The van der Waals surface area contributed by atoms with Crippen LogP contribution in [0.25, 0.3) is 0 Å². The molecule has 1 N–H and O–H groups in total. The van der Waals surface area contributed by atoms with Crippen molar-refractivity contribution in [3.05, 3.63) is 64.2 Å². The molecule has 0 spiro atoms. The smallest absolute Gasteiger partial charge is 0.234 e. The van der Waals surface area contributed by atoms with Crippen molar-refractivity contribution < 1.29 is 9.53 Å². The number of hydrogen-bond acceptors (Lipinski definition) is 3. The summed E-state index contributed by atoms with van der Waals surface area (Å²) in [5, 5.41) is 11.8. The maximum absolute atomic E-state index is 11.3. The van der Waals surface area contributed by atoms with Gasteiger partial charge in [0.1, 0.15) is 18.8 Å². The molecule has 4 nitrogen and oxygen atoms in total. The van der Waals surface area contributed by atoms with E-state index in [1.807, 2.05) is 49.4 Å². The molecule has 0 saturated heterocycles. The molecule has 0 fully saturated rings. The number of benzene rings is 2. The molecule has 0 bridgehead atoms. The minimum atomic E-state index is -0.276. The minimum Gasteiger partial charge on any atom is -0.489 e. The summed E-state index contributed by atoms with van der Waals surface area (Å²) in [5.74, 6) is 0.471. The summed E-state index contributed by atoms with van der Waals surface area (Å²) in [4.78, 5) is 11.3. The van der Waals surface area contributed by atoms with E-state index in [4.69, 9.17) is 21.6 Å². The van der Waals surface area contributed by atoms with Gasteiger partial charge in [0.15, 0.2) is 0 Å². The zero-order chi connectivity index (χ0) is 17.4. The van der Waals surface area contributed by atoms with Gasteiger partial charge in [-0.3, -0.25) is 4.79 Å². The van der Waals surface area contributed by atoms with Crippen LogP contribution < -0.4 is 10.1 Å². The average Bonchev–Trinajstić information content (AvgIpc) is 2.56. The Labute approximate surface area is 147 Å². The van der Waals surface area contributed by atoms with Gasteiger partial charge >= 0.3 is 0 Å². The number of carbonyl (C=O) groups is 1. The quantitative estimate of drug-likeness (QED) is 0.832. The lowest BCUT2D eigenvalue weighted by molar-refractivity contribution is -0.120. The average molecular weight is 343 g/mol. The molecule has 0 aromatic heterocycles. The molecule has 0 saturated carbocycles. The first-order valence-corrected chi connectivity index (χ1v) is 8.07. The van der Waals surface area contributed by atoms with Gasteiger partial charge in [0, 0.05) is 11.6 Å². The molecule has 0 atom stereocenters. The predicted octanol–water partition coefficient (Wildman–Crippen LogP) is 3.80. The van der Waals surface area contributed by atoms with Crippen LogP contribution in [0.5, 0.6) is 5.75 Å². The topological polar surface area (TPSA) is 62.1 Å². The largest absolute Gasteiger partial charge is 0.489 e. The molecular formula is C19H19ClN2O2. The molecule has 2 rings (SSSR count). The lowest BCUT2D eigenvalue weighted by Gasteiger charge is -2.13. The Morgan fingerprint density at radius 3 is 2.79 bits per heavy atom. The third kappa shape index (κ3) is 5.29. The Morgan fingerprint density at radius 1 is 1.25 bits per heavy atom. The van der Waals surface area contributed by atoms with E-state index in [9.17, 15) is 4.79 Å². The van der Waals surface area contributed by atoms with Crippen molar-refractivity contribution in [3.8, 4) is 11.8 Å². The molecule has 0 radical (unpaired) electrons. The Kier molecular flexibility index (Phi) is 6.65. The summed E-state index contributed by atoms with van der Waals surface area (Å²) in [6, 6.07) is 15.3. The Balaban J connectivity index is 2.01. The maximum atomic E-state index is 11.3. The molecular weight excluding hydrogens is 324 g/mol. The number of amides is 1. The third-order valence-corrected chi connectivity index (χ3v) is 3.86. The fraction of sp³-hybridized carbons (Fsp3) is 0.263. The summed E-state index contributed by atoms with van der Waals surface area (Å²) in [7, 11) is 0. The van der Waals surface area contributed by atoms with Crippen molar-refractivity contribution in [2.75, 3.05) is 6.54 Å². The van der Waals surface area contributed by atoms with Crippen molar-refractivity contribution in [2.24, 2.45) is 0 Å². The zero-order valence-electron chi connectivity index (χ0n) is 13.5. The molecule has 124 valence electrons. The second-order valence-electron chi connectivity index (χ2n) is 5.40. The van der Waals surface area contributed by atoms with Crippen LogP contribution in [0.15, 0.2) is 42.5 Å². The molecule has 0 aliphatic rings. The maximum Gasteiger partial charge on any atom is 0.234 e. The first-order chi connectivity index (χ1) is 11.6. The highest BCUT2D eigenvalue weighted by atomic mass is 35.5. The van der Waals surface area contributed by atoms with Gasteiger partial charge in [0.2, 0.25) is 5.91 Å². The number of carbonyl (C=O) groups excluding carboxylic acids is 1. The highest BCUT2D eigenvalue weighted by molar-refractivity contribution is 6.30. The van der Waals surface area contributed by atoms with E-state index >= 15 is 0 Å². The number of nitrogens with zero attached hydrogens (tertiary/aromatic N) is 1. The predicted molar refractivity (Wildman–Crippen MR) is 93.9 cm³/mol. The molecule has 1 amide bonds. The normalized spacial score (nSPS) is 10.0. The zero-order valence-corrected chi connectivity index (χ0v) is 14.3. The SMILES string of the molecule is Cc1ccccc1COc1ccc(Cl)cc1CCNC(=O)CC#N. The molecule has 0 unspecified atom stereocenters. The first kappa shape index (κ1) is 17.8. The van der Waals surface area contributed by atoms with E-state index in [0.717, 1.165) is 16.9 Å². The Hall–Kier alpha value is -2.51. The summed E-state index contributed by atoms with van der Waals surface area (Å²) in [6.45, 7) is 2.95. The van der Waals surface area contributed by atoms with Gasteiger partial charge in [-0.15, -0.1) is 0 Å². The van der Waals surface area contributed by atoms with Crippen LogP contribution in [0.4, 0.5) is 0 Å². The number of nitriles is 1. The fourth-order valence-electron chi connectivity index (χ4n) is 2.28. The summed E-state index contributed by atoms with van der Waals surface area (Å²) in [6.07, 6.45) is 0.451.